The number of carbonyl (C=O) groups is 2. The second-order valence-electron chi connectivity index (χ2n) is 5.10. The predicted molar refractivity (Wildman–Crippen MR) is 95.6 cm³/mol. The third-order valence-electron chi connectivity index (χ3n) is 3.25. The Kier molecular flexibility index (Phi) is 7.08. The molecule has 0 bridgehead atoms. The van der Waals surface area contributed by atoms with E-state index < -0.39 is 5.91 Å². The Labute approximate surface area is 150 Å². The summed E-state index contributed by atoms with van der Waals surface area (Å²) in [5, 5.41) is 1.13. The molecule has 5 nitrogen and oxygen atoms in total. The van der Waals surface area contributed by atoms with Crippen LogP contribution in [0.3, 0.4) is 0 Å². The van der Waals surface area contributed by atoms with Crippen LogP contribution in [0.4, 0.5) is 0 Å². The molecule has 1 aromatic carbocycles. The monoisotopic (exact) mass is 363 g/mol. The highest BCUT2D eigenvalue weighted by molar-refractivity contribution is 8.00. The van der Waals surface area contributed by atoms with Gasteiger partial charge in [0.1, 0.15) is 5.03 Å². The molecule has 0 spiro atoms. The number of hydrogen-bond acceptors (Lipinski definition) is 4. The molecule has 2 rings (SSSR count). The zero-order valence-corrected chi connectivity index (χ0v) is 14.6. The van der Waals surface area contributed by atoms with Crippen LogP contribution in [0.25, 0.3) is 0 Å². The normalized spacial score (nSPS) is 10.4. The number of primary amides is 1. The largest absolute Gasteiger partial charge is 0.370 e. The lowest BCUT2D eigenvalue weighted by molar-refractivity contribution is -0.129. The fourth-order valence-corrected chi connectivity index (χ4v) is 3.11. The fraction of sp³-hybridized carbons (Fsp3) is 0.235. The van der Waals surface area contributed by atoms with Crippen molar-refractivity contribution in [2.75, 3.05) is 12.3 Å². The topological polar surface area (TPSA) is 76.3 Å². The number of benzene rings is 1. The van der Waals surface area contributed by atoms with E-state index >= 15 is 0 Å². The summed E-state index contributed by atoms with van der Waals surface area (Å²) >= 11 is 7.33. The summed E-state index contributed by atoms with van der Waals surface area (Å²) in [7, 11) is 0. The van der Waals surface area contributed by atoms with E-state index in [0.717, 1.165) is 5.56 Å². The minimum absolute atomic E-state index is 0.0909. The molecule has 0 atom stereocenters. The van der Waals surface area contributed by atoms with Gasteiger partial charge in [-0.25, -0.2) is 4.98 Å². The van der Waals surface area contributed by atoms with Gasteiger partial charge in [0.15, 0.2) is 0 Å². The molecule has 0 saturated heterocycles. The van der Waals surface area contributed by atoms with Crippen LogP contribution in [0.5, 0.6) is 0 Å². The molecule has 0 saturated carbocycles. The van der Waals surface area contributed by atoms with Crippen molar-refractivity contribution in [3.05, 3.63) is 59.2 Å². The summed E-state index contributed by atoms with van der Waals surface area (Å²) in [5.74, 6) is -0.324. The third kappa shape index (κ3) is 5.86. The van der Waals surface area contributed by atoms with Crippen molar-refractivity contribution in [3.8, 4) is 0 Å². The molecular weight excluding hydrogens is 346 g/mol. The quantitative estimate of drug-likeness (QED) is 0.731. The first-order chi connectivity index (χ1) is 11.6. The van der Waals surface area contributed by atoms with Crippen LogP contribution in [0, 0.1) is 0 Å². The first-order valence-corrected chi connectivity index (χ1v) is 8.76. The number of carbonyl (C=O) groups excluding carboxylic acids is 2. The van der Waals surface area contributed by atoms with Crippen LogP contribution in [0.2, 0.25) is 5.02 Å². The zero-order valence-electron chi connectivity index (χ0n) is 13.0. The number of nitrogens with zero attached hydrogens (tertiary/aromatic N) is 2. The summed E-state index contributed by atoms with van der Waals surface area (Å²) in [4.78, 5) is 29.4. The van der Waals surface area contributed by atoms with Gasteiger partial charge in [0.25, 0.3) is 0 Å². The average molecular weight is 364 g/mol. The van der Waals surface area contributed by atoms with Gasteiger partial charge >= 0.3 is 0 Å². The molecule has 2 N–H and O–H groups in total. The number of hydrogen-bond donors (Lipinski definition) is 1. The maximum absolute atomic E-state index is 12.5. The van der Waals surface area contributed by atoms with E-state index in [1.54, 1.807) is 23.2 Å². The van der Waals surface area contributed by atoms with Crippen molar-refractivity contribution in [1.29, 1.82) is 0 Å². The highest BCUT2D eigenvalue weighted by Gasteiger charge is 2.16. The van der Waals surface area contributed by atoms with Crippen molar-refractivity contribution >= 4 is 35.2 Å². The first-order valence-electron chi connectivity index (χ1n) is 7.39. The van der Waals surface area contributed by atoms with Gasteiger partial charge in [0, 0.05) is 25.7 Å². The Morgan fingerprint density at radius 3 is 2.58 bits per heavy atom. The van der Waals surface area contributed by atoms with Crippen LogP contribution < -0.4 is 5.73 Å². The van der Waals surface area contributed by atoms with Crippen LogP contribution in [0.15, 0.2) is 53.7 Å². The molecule has 0 radical (unpaired) electrons. The Hall–Kier alpha value is -2.05. The van der Waals surface area contributed by atoms with Gasteiger partial charge in [-0.1, -0.05) is 53.7 Å². The number of thioether (sulfide) groups is 1. The lowest BCUT2D eigenvalue weighted by Crippen LogP contribution is -2.34. The molecular formula is C17H18ClN3O2S. The molecule has 1 aromatic heterocycles. The second kappa shape index (κ2) is 9.30. The van der Waals surface area contributed by atoms with Crippen LogP contribution in [0.1, 0.15) is 12.0 Å². The van der Waals surface area contributed by atoms with Crippen molar-refractivity contribution < 1.29 is 9.59 Å². The Balaban J connectivity index is 2.00. The van der Waals surface area contributed by atoms with Gasteiger partial charge in [0.2, 0.25) is 11.8 Å². The van der Waals surface area contributed by atoms with Gasteiger partial charge in [-0.15, -0.1) is 0 Å². The smallest absolute Gasteiger partial charge is 0.233 e. The number of aromatic nitrogens is 1. The molecule has 24 heavy (non-hydrogen) atoms. The highest BCUT2D eigenvalue weighted by Crippen LogP contribution is 2.24. The third-order valence-corrected chi connectivity index (χ3v) is 4.66. The SMILES string of the molecule is NC(=O)CCN(Cc1ccccc1)C(=O)CSc1ncccc1Cl. The summed E-state index contributed by atoms with van der Waals surface area (Å²) in [5.41, 5.74) is 6.21. The van der Waals surface area contributed by atoms with Gasteiger partial charge < -0.3 is 10.6 Å². The molecule has 1 heterocycles. The predicted octanol–water partition coefficient (Wildman–Crippen LogP) is 2.73. The van der Waals surface area contributed by atoms with E-state index in [9.17, 15) is 9.59 Å². The average Bonchev–Trinajstić information content (AvgIpc) is 2.58. The van der Waals surface area contributed by atoms with Crippen molar-refractivity contribution in [2.45, 2.75) is 18.0 Å². The van der Waals surface area contributed by atoms with E-state index in [2.05, 4.69) is 4.98 Å². The number of halogens is 1. The Morgan fingerprint density at radius 1 is 1.17 bits per heavy atom. The lowest BCUT2D eigenvalue weighted by atomic mass is 10.2. The number of pyridine rings is 1. The van der Waals surface area contributed by atoms with E-state index in [0.29, 0.717) is 23.1 Å². The Morgan fingerprint density at radius 2 is 1.92 bits per heavy atom. The number of rotatable bonds is 8. The van der Waals surface area contributed by atoms with Gasteiger partial charge in [-0.3, -0.25) is 9.59 Å². The second-order valence-corrected chi connectivity index (χ2v) is 6.47. The van der Waals surface area contributed by atoms with Gasteiger partial charge in [-0.2, -0.15) is 0 Å². The summed E-state index contributed by atoms with van der Waals surface area (Å²) in [6.07, 6.45) is 1.76. The van der Waals surface area contributed by atoms with Crippen LogP contribution in [-0.2, 0) is 16.1 Å². The van der Waals surface area contributed by atoms with E-state index in [4.69, 9.17) is 17.3 Å². The minimum Gasteiger partial charge on any atom is -0.370 e. The fourth-order valence-electron chi connectivity index (χ4n) is 2.04. The summed E-state index contributed by atoms with van der Waals surface area (Å²) in [6, 6.07) is 13.1. The summed E-state index contributed by atoms with van der Waals surface area (Å²) < 4.78 is 0. The van der Waals surface area contributed by atoms with E-state index in [1.807, 2.05) is 30.3 Å². The number of amides is 2. The Bertz CT molecular complexity index is 697. The molecule has 126 valence electrons. The molecule has 0 fully saturated rings. The van der Waals surface area contributed by atoms with Crippen molar-refractivity contribution in [3.63, 3.8) is 0 Å². The first kappa shape index (κ1) is 18.3. The van der Waals surface area contributed by atoms with Gasteiger partial charge in [-0.05, 0) is 17.7 Å². The van der Waals surface area contributed by atoms with E-state index in [1.165, 1.54) is 11.8 Å². The zero-order chi connectivity index (χ0) is 17.4. The highest BCUT2D eigenvalue weighted by atomic mass is 35.5. The van der Waals surface area contributed by atoms with Crippen molar-refractivity contribution in [1.82, 2.24) is 9.88 Å². The van der Waals surface area contributed by atoms with E-state index in [-0.39, 0.29) is 18.1 Å². The maximum atomic E-state index is 12.5. The maximum Gasteiger partial charge on any atom is 0.233 e. The minimum atomic E-state index is -0.429. The molecule has 7 heteroatoms. The lowest BCUT2D eigenvalue weighted by Gasteiger charge is -2.22. The van der Waals surface area contributed by atoms with Crippen LogP contribution in [-0.4, -0.2) is 34.0 Å². The summed E-state index contributed by atoms with van der Waals surface area (Å²) in [6.45, 7) is 0.725. The molecule has 0 aliphatic carbocycles. The molecule has 2 aromatic rings. The molecule has 0 aliphatic rings. The standard InChI is InChI=1S/C17H18ClN3O2S/c18-14-7-4-9-20-17(14)24-12-16(23)21(10-8-15(19)22)11-13-5-2-1-3-6-13/h1-7,9H,8,10-12H2,(H2,19,22). The van der Waals surface area contributed by atoms with Crippen molar-refractivity contribution in [2.24, 2.45) is 5.73 Å². The van der Waals surface area contributed by atoms with Crippen LogP contribution >= 0.6 is 23.4 Å². The molecule has 0 aliphatic heterocycles. The molecule has 0 unspecified atom stereocenters. The molecule has 2 amide bonds. The number of nitrogens with two attached hydrogens (primary N) is 1. The van der Waals surface area contributed by atoms with Gasteiger partial charge in [0.05, 0.1) is 10.8 Å².